The predicted molar refractivity (Wildman–Crippen MR) is 79.7 cm³/mol. The second kappa shape index (κ2) is 5.26. The summed E-state index contributed by atoms with van der Waals surface area (Å²) in [6.45, 7) is 0. The minimum Gasteiger partial charge on any atom is -0.341 e. The van der Waals surface area contributed by atoms with Gasteiger partial charge in [-0.15, -0.1) is 0 Å². The number of H-pyrrole nitrogens is 1. The number of anilines is 1. The molecule has 0 atom stereocenters. The number of imidazole rings is 1. The molecule has 0 saturated heterocycles. The molecule has 100 valence electrons. The first kappa shape index (κ1) is 12.6. The molecule has 0 aliphatic carbocycles. The summed E-state index contributed by atoms with van der Waals surface area (Å²) in [6.07, 6.45) is 3.16. The van der Waals surface area contributed by atoms with Gasteiger partial charge in [-0.05, 0) is 12.1 Å². The van der Waals surface area contributed by atoms with Crippen LogP contribution in [0.3, 0.4) is 0 Å². The van der Waals surface area contributed by atoms with Gasteiger partial charge in [0, 0.05) is 12.7 Å². The van der Waals surface area contributed by atoms with Crippen molar-refractivity contribution in [2.75, 3.05) is 11.9 Å². The summed E-state index contributed by atoms with van der Waals surface area (Å²) in [4.78, 5) is 21.3. The highest BCUT2D eigenvalue weighted by Crippen LogP contribution is 2.19. The summed E-state index contributed by atoms with van der Waals surface area (Å²) in [5, 5.41) is 0.307. The van der Waals surface area contributed by atoms with Crippen LogP contribution >= 0.6 is 11.6 Å². The van der Waals surface area contributed by atoms with Gasteiger partial charge in [0.05, 0.1) is 12.7 Å². The molecule has 3 aromatic rings. The number of benzene rings is 1. The molecule has 0 radical (unpaired) electrons. The molecule has 2 heterocycles. The van der Waals surface area contributed by atoms with Gasteiger partial charge in [-0.1, -0.05) is 29.8 Å². The largest absolute Gasteiger partial charge is 0.341 e. The van der Waals surface area contributed by atoms with Crippen LogP contribution in [0.25, 0.3) is 11.2 Å². The van der Waals surface area contributed by atoms with Gasteiger partial charge in [-0.2, -0.15) is 9.97 Å². The van der Waals surface area contributed by atoms with Crippen LogP contribution in [-0.4, -0.2) is 33.3 Å². The molecule has 0 unspecified atom stereocenters. The van der Waals surface area contributed by atoms with Crippen molar-refractivity contribution in [3.05, 3.63) is 41.8 Å². The number of para-hydroxylation sites is 1. The van der Waals surface area contributed by atoms with Crippen LogP contribution in [0.1, 0.15) is 0 Å². The van der Waals surface area contributed by atoms with Crippen molar-refractivity contribution in [2.24, 2.45) is 4.99 Å². The summed E-state index contributed by atoms with van der Waals surface area (Å²) in [6, 6.07) is 9.85. The highest BCUT2D eigenvalue weighted by atomic mass is 35.5. The molecule has 0 amide bonds. The standard InChI is InChI=1S/C13H11ClN6/c1-20(9-5-3-2-4-6-9)8-17-13-18-11(14)10-12(19-13)16-7-15-10/h2-8H,1H3,(H,15,16,18,19)/b17-8+. The molecule has 0 bridgehead atoms. The topological polar surface area (TPSA) is 70.1 Å². The molecule has 7 heteroatoms. The van der Waals surface area contributed by atoms with E-state index in [1.165, 1.54) is 6.33 Å². The fourth-order valence-corrected chi connectivity index (χ4v) is 1.93. The Bertz CT molecular complexity index is 752. The summed E-state index contributed by atoms with van der Waals surface area (Å²) in [7, 11) is 1.90. The van der Waals surface area contributed by atoms with E-state index in [-0.39, 0.29) is 5.95 Å². The molecule has 0 aliphatic rings. The van der Waals surface area contributed by atoms with E-state index in [0.717, 1.165) is 5.69 Å². The zero-order valence-corrected chi connectivity index (χ0v) is 11.4. The van der Waals surface area contributed by atoms with Crippen LogP contribution in [0.15, 0.2) is 41.7 Å². The SMILES string of the molecule is CN(/C=N/c1nc(Cl)c2[nH]cnc2n1)c1ccccc1. The third kappa shape index (κ3) is 2.46. The van der Waals surface area contributed by atoms with Crippen molar-refractivity contribution in [2.45, 2.75) is 0 Å². The Morgan fingerprint density at radius 3 is 2.85 bits per heavy atom. The third-order valence-electron chi connectivity index (χ3n) is 2.74. The van der Waals surface area contributed by atoms with Gasteiger partial charge in [0.15, 0.2) is 10.8 Å². The number of aliphatic imine (C=N–C) groups is 1. The fourth-order valence-electron chi connectivity index (χ4n) is 1.71. The number of nitrogens with zero attached hydrogens (tertiary/aromatic N) is 5. The number of rotatable bonds is 3. The first-order valence-corrected chi connectivity index (χ1v) is 6.30. The Balaban J connectivity index is 1.87. The van der Waals surface area contributed by atoms with E-state index in [1.807, 2.05) is 42.3 Å². The molecular weight excluding hydrogens is 276 g/mol. The second-order valence-electron chi connectivity index (χ2n) is 4.11. The number of nitrogens with one attached hydrogen (secondary N) is 1. The van der Waals surface area contributed by atoms with Crippen molar-refractivity contribution in [1.82, 2.24) is 19.9 Å². The van der Waals surface area contributed by atoms with Crippen LogP contribution < -0.4 is 4.90 Å². The Kier molecular flexibility index (Phi) is 3.30. The van der Waals surface area contributed by atoms with E-state index in [2.05, 4.69) is 24.9 Å². The molecule has 3 rings (SSSR count). The maximum absolute atomic E-state index is 6.03. The third-order valence-corrected chi connectivity index (χ3v) is 3.01. The molecule has 0 aliphatic heterocycles. The molecule has 0 saturated carbocycles. The monoisotopic (exact) mass is 286 g/mol. The van der Waals surface area contributed by atoms with Crippen molar-refractivity contribution in [3.63, 3.8) is 0 Å². The maximum atomic E-state index is 6.03. The average molecular weight is 287 g/mol. The Labute approximate surface area is 120 Å². The van der Waals surface area contributed by atoms with E-state index in [9.17, 15) is 0 Å². The molecular formula is C13H11ClN6. The smallest absolute Gasteiger partial charge is 0.254 e. The van der Waals surface area contributed by atoms with Gasteiger partial charge in [-0.3, -0.25) is 0 Å². The first-order chi connectivity index (χ1) is 9.74. The first-order valence-electron chi connectivity index (χ1n) is 5.93. The number of hydrogen-bond acceptors (Lipinski definition) is 4. The highest BCUT2D eigenvalue weighted by molar-refractivity contribution is 6.33. The number of fused-ring (bicyclic) bond motifs is 1. The van der Waals surface area contributed by atoms with Crippen LogP contribution in [0, 0.1) is 0 Å². The quantitative estimate of drug-likeness (QED) is 0.457. The lowest BCUT2D eigenvalue weighted by Crippen LogP contribution is -2.13. The van der Waals surface area contributed by atoms with Gasteiger partial charge in [-0.25, -0.2) is 9.98 Å². The Hall–Kier alpha value is -2.47. The molecule has 1 N–H and O–H groups in total. The minimum atomic E-state index is 0.275. The summed E-state index contributed by atoms with van der Waals surface area (Å²) in [5.74, 6) is 0.275. The fraction of sp³-hybridized carbons (Fsp3) is 0.0769. The predicted octanol–water partition coefficient (Wildman–Crippen LogP) is 2.80. The van der Waals surface area contributed by atoms with Crippen molar-refractivity contribution >= 4 is 40.7 Å². The van der Waals surface area contributed by atoms with Crippen LogP contribution in [0.2, 0.25) is 5.15 Å². The van der Waals surface area contributed by atoms with Gasteiger partial charge in [0.25, 0.3) is 5.95 Å². The molecule has 0 fully saturated rings. The average Bonchev–Trinajstić information content (AvgIpc) is 2.94. The van der Waals surface area contributed by atoms with Crippen LogP contribution in [0.4, 0.5) is 11.6 Å². The zero-order chi connectivity index (χ0) is 13.9. The normalized spacial score (nSPS) is 11.3. The van der Waals surface area contributed by atoms with E-state index >= 15 is 0 Å². The van der Waals surface area contributed by atoms with Crippen LogP contribution in [-0.2, 0) is 0 Å². The van der Waals surface area contributed by atoms with Gasteiger partial charge in [0.1, 0.15) is 5.52 Å². The lowest BCUT2D eigenvalue weighted by Gasteiger charge is -2.12. The van der Waals surface area contributed by atoms with Crippen molar-refractivity contribution in [3.8, 4) is 0 Å². The minimum absolute atomic E-state index is 0.275. The Morgan fingerprint density at radius 1 is 1.25 bits per heavy atom. The molecule has 0 spiro atoms. The number of aromatic nitrogens is 4. The number of aromatic amines is 1. The zero-order valence-electron chi connectivity index (χ0n) is 10.7. The van der Waals surface area contributed by atoms with E-state index in [1.54, 1.807) is 6.34 Å². The maximum Gasteiger partial charge on any atom is 0.254 e. The van der Waals surface area contributed by atoms with Crippen LogP contribution in [0.5, 0.6) is 0 Å². The van der Waals surface area contributed by atoms with E-state index < -0.39 is 0 Å². The lowest BCUT2D eigenvalue weighted by atomic mass is 10.3. The molecule has 20 heavy (non-hydrogen) atoms. The molecule has 1 aromatic carbocycles. The summed E-state index contributed by atoms with van der Waals surface area (Å²) < 4.78 is 0. The van der Waals surface area contributed by atoms with Gasteiger partial charge in [0.2, 0.25) is 0 Å². The number of halogens is 1. The van der Waals surface area contributed by atoms with Crippen molar-refractivity contribution in [1.29, 1.82) is 0 Å². The Morgan fingerprint density at radius 2 is 2.05 bits per heavy atom. The molecule has 6 nitrogen and oxygen atoms in total. The number of hydrogen-bond donors (Lipinski definition) is 1. The van der Waals surface area contributed by atoms with Gasteiger partial charge >= 0.3 is 0 Å². The second-order valence-corrected chi connectivity index (χ2v) is 4.46. The highest BCUT2D eigenvalue weighted by Gasteiger charge is 2.06. The van der Waals surface area contributed by atoms with Crippen molar-refractivity contribution < 1.29 is 0 Å². The van der Waals surface area contributed by atoms with E-state index in [0.29, 0.717) is 16.3 Å². The molecule has 2 aromatic heterocycles. The summed E-state index contributed by atoms with van der Waals surface area (Å²) >= 11 is 6.03. The lowest BCUT2D eigenvalue weighted by molar-refractivity contribution is 1.15. The van der Waals surface area contributed by atoms with E-state index in [4.69, 9.17) is 11.6 Å². The summed E-state index contributed by atoms with van der Waals surface area (Å²) in [5.41, 5.74) is 2.13. The van der Waals surface area contributed by atoms with Gasteiger partial charge < -0.3 is 9.88 Å².